The maximum atomic E-state index is 13.2. The summed E-state index contributed by atoms with van der Waals surface area (Å²) in [5, 5.41) is 2.65. The lowest BCUT2D eigenvalue weighted by molar-refractivity contribution is -0.120. The van der Waals surface area contributed by atoms with E-state index < -0.39 is 11.6 Å². The predicted octanol–water partition coefficient (Wildman–Crippen LogP) is 4.05. The van der Waals surface area contributed by atoms with Crippen molar-refractivity contribution in [2.24, 2.45) is 0 Å². The first-order valence-corrected chi connectivity index (χ1v) is 8.30. The van der Waals surface area contributed by atoms with E-state index in [2.05, 4.69) is 5.32 Å². The summed E-state index contributed by atoms with van der Waals surface area (Å²) in [4.78, 5) is 12.0. The van der Waals surface area contributed by atoms with Crippen LogP contribution in [-0.2, 0) is 4.79 Å². The van der Waals surface area contributed by atoms with E-state index in [9.17, 15) is 13.6 Å². The molecule has 0 spiro atoms. The quantitative estimate of drug-likeness (QED) is 0.919. The minimum Gasteiger partial charge on any atom is -0.457 e. The average Bonchev–Trinajstić information content (AvgIpc) is 2.72. The van der Waals surface area contributed by atoms with Crippen LogP contribution in [0.1, 0.15) is 17.2 Å². The van der Waals surface area contributed by atoms with Crippen molar-refractivity contribution >= 4 is 17.7 Å². The van der Waals surface area contributed by atoms with Gasteiger partial charge in [-0.15, -0.1) is 11.8 Å². The van der Waals surface area contributed by atoms with Crippen LogP contribution in [0.3, 0.4) is 0 Å². The van der Waals surface area contributed by atoms with Crippen molar-refractivity contribution in [1.82, 2.24) is 5.32 Å². The minimum absolute atomic E-state index is 0.00775. The van der Waals surface area contributed by atoms with E-state index in [0.29, 0.717) is 12.3 Å². The van der Waals surface area contributed by atoms with Crippen molar-refractivity contribution in [3.05, 3.63) is 59.7 Å². The summed E-state index contributed by atoms with van der Waals surface area (Å²) in [6.45, 7) is 0.703. The topological polar surface area (TPSA) is 38.3 Å². The molecule has 23 heavy (non-hydrogen) atoms. The third-order valence-corrected chi connectivity index (χ3v) is 4.74. The normalized spacial score (nSPS) is 18.2. The zero-order chi connectivity index (χ0) is 16.2. The number of carbonyl (C=O) groups is 1. The fourth-order valence-electron chi connectivity index (χ4n) is 2.34. The summed E-state index contributed by atoms with van der Waals surface area (Å²) in [5.41, 5.74) is 0.882. The first-order chi connectivity index (χ1) is 11.1. The molecule has 1 unspecified atom stereocenters. The van der Waals surface area contributed by atoms with Crippen molar-refractivity contribution in [2.45, 2.75) is 11.7 Å². The smallest absolute Gasteiger partial charge is 0.237 e. The van der Waals surface area contributed by atoms with Gasteiger partial charge in [-0.1, -0.05) is 12.1 Å². The van der Waals surface area contributed by atoms with E-state index in [-0.39, 0.29) is 16.9 Å². The number of hydrogen-bond acceptors (Lipinski definition) is 3. The maximum Gasteiger partial charge on any atom is 0.237 e. The van der Waals surface area contributed by atoms with E-state index in [0.717, 1.165) is 35.9 Å². The Morgan fingerprint density at radius 1 is 1.04 bits per heavy atom. The third-order valence-electron chi connectivity index (χ3n) is 3.40. The molecule has 2 aromatic carbocycles. The number of nitrogens with one attached hydrogen (secondary N) is 1. The highest BCUT2D eigenvalue weighted by Crippen LogP contribution is 2.33. The Labute approximate surface area is 137 Å². The van der Waals surface area contributed by atoms with Crippen LogP contribution < -0.4 is 10.1 Å². The van der Waals surface area contributed by atoms with E-state index in [1.807, 2.05) is 0 Å². The molecule has 120 valence electrons. The predicted molar refractivity (Wildman–Crippen MR) is 85.7 cm³/mol. The van der Waals surface area contributed by atoms with Gasteiger partial charge < -0.3 is 10.1 Å². The second kappa shape index (κ2) is 7.00. The first-order valence-electron chi connectivity index (χ1n) is 7.25. The van der Waals surface area contributed by atoms with Gasteiger partial charge >= 0.3 is 0 Å². The Balaban J connectivity index is 1.75. The van der Waals surface area contributed by atoms with E-state index in [1.54, 1.807) is 36.0 Å². The zero-order valence-electron chi connectivity index (χ0n) is 12.2. The molecule has 0 saturated carbocycles. The maximum absolute atomic E-state index is 13.2. The van der Waals surface area contributed by atoms with Crippen LogP contribution in [0.2, 0.25) is 0 Å². The molecular weight excluding hydrogens is 320 g/mol. The van der Waals surface area contributed by atoms with Gasteiger partial charge in [0.2, 0.25) is 5.91 Å². The molecule has 1 amide bonds. The summed E-state index contributed by atoms with van der Waals surface area (Å²) in [5.74, 6) is 0.0961. The molecule has 0 aliphatic carbocycles. The molecule has 1 fully saturated rings. The largest absolute Gasteiger partial charge is 0.457 e. The van der Waals surface area contributed by atoms with Crippen LogP contribution >= 0.6 is 11.8 Å². The monoisotopic (exact) mass is 335 g/mol. The van der Waals surface area contributed by atoms with Gasteiger partial charge in [-0.25, -0.2) is 8.78 Å². The lowest BCUT2D eigenvalue weighted by Crippen LogP contribution is -2.26. The second-order valence-electron chi connectivity index (χ2n) is 5.17. The highest BCUT2D eigenvalue weighted by molar-refractivity contribution is 8.00. The molecule has 0 bridgehead atoms. The van der Waals surface area contributed by atoms with Crippen molar-refractivity contribution in [1.29, 1.82) is 0 Å². The standard InChI is InChI=1S/C17H15F2NO2S/c18-12-8-13(19)10-15(9-12)22-14-4-2-11(3-5-14)16-17(21)20-6-1-7-23-16/h2-5,8-10,16H,1,6-7H2,(H,20,21). The van der Waals surface area contributed by atoms with Gasteiger partial charge in [-0.2, -0.15) is 0 Å². The minimum atomic E-state index is -0.692. The van der Waals surface area contributed by atoms with Crippen LogP contribution in [-0.4, -0.2) is 18.2 Å². The Bertz CT molecular complexity index is 686. The average molecular weight is 335 g/mol. The number of carbonyl (C=O) groups excluding carboxylic acids is 1. The molecule has 1 atom stereocenters. The summed E-state index contributed by atoms with van der Waals surface area (Å²) in [6, 6.07) is 10.0. The number of ether oxygens (including phenoxy) is 1. The highest BCUT2D eigenvalue weighted by Gasteiger charge is 2.22. The first kappa shape index (κ1) is 15.8. The van der Waals surface area contributed by atoms with Gasteiger partial charge in [0, 0.05) is 24.7 Å². The van der Waals surface area contributed by atoms with Gasteiger partial charge in [0.05, 0.1) is 0 Å². The van der Waals surface area contributed by atoms with Gasteiger partial charge in [-0.05, 0) is 29.9 Å². The highest BCUT2D eigenvalue weighted by atomic mass is 32.2. The van der Waals surface area contributed by atoms with Crippen LogP contribution in [0.15, 0.2) is 42.5 Å². The van der Waals surface area contributed by atoms with E-state index >= 15 is 0 Å². The molecule has 1 heterocycles. The van der Waals surface area contributed by atoms with Crippen molar-refractivity contribution in [3.8, 4) is 11.5 Å². The summed E-state index contributed by atoms with van der Waals surface area (Å²) >= 11 is 1.61. The fourth-order valence-corrected chi connectivity index (χ4v) is 3.47. The van der Waals surface area contributed by atoms with E-state index in [4.69, 9.17) is 4.74 Å². The molecule has 1 N–H and O–H groups in total. The van der Waals surface area contributed by atoms with Gasteiger partial charge in [0.1, 0.15) is 28.4 Å². The van der Waals surface area contributed by atoms with Gasteiger partial charge in [-0.3, -0.25) is 4.79 Å². The second-order valence-corrected chi connectivity index (χ2v) is 6.38. The Morgan fingerprint density at radius 3 is 2.43 bits per heavy atom. The molecule has 3 rings (SSSR count). The number of halogens is 2. The summed E-state index contributed by atoms with van der Waals surface area (Å²) < 4.78 is 31.8. The van der Waals surface area contributed by atoms with Crippen molar-refractivity contribution < 1.29 is 18.3 Å². The lowest BCUT2D eigenvalue weighted by Gasteiger charge is -2.14. The van der Waals surface area contributed by atoms with Crippen molar-refractivity contribution in [3.63, 3.8) is 0 Å². The molecule has 6 heteroatoms. The van der Waals surface area contributed by atoms with Crippen LogP contribution in [0, 0.1) is 11.6 Å². The number of benzene rings is 2. The number of thioether (sulfide) groups is 1. The summed E-state index contributed by atoms with van der Waals surface area (Å²) in [6.07, 6.45) is 0.958. The van der Waals surface area contributed by atoms with E-state index in [1.165, 1.54) is 0 Å². The molecule has 1 saturated heterocycles. The number of amides is 1. The lowest BCUT2D eigenvalue weighted by atomic mass is 10.1. The molecule has 1 aliphatic heterocycles. The molecule has 0 aromatic heterocycles. The van der Waals surface area contributed by atoms with Crippen LogP contribution in [0.4, 0.5) is 8.78 Å². The fraction of sp³-hybridized carbons (Fsp3) is 0.235. The Hall–Kier alpha value is -2.08. The van der Waals surface area contributed by atoms with Gasteiger partial charge in [0.25, 0.3) is 0 Å². The number of rotatable bonds is 3. The molecule has 0 radical (unpaired) electrons. The Kier molecular flexibility index (Phi) is 4.81. The van der Waals surface area contributed by atoms with Crippen LogP contribution in [0.5, 0.6) is 11.5 Å². The summed E-state index contributed by atoms with van der Waals surface area (Å²) in [7, 11) is 0. The third kappa shape index (κ3) is 4.01. The van der Waals surface area contributed by atoms with Crippen molar-refractivity contribution in [2.75, 3.05) is 12.3 Å². The molecule has 3 nitrogen and oxygen atoms in total. The molecular formula is C17H15F2NO2S. The molecule has 1 aliphatic rings. The molecule has 2 aromatic rings. The number of hydrogen-bond donors (Lipinski definition) is 1. The zero-order valence-corrected chi connectivity index (χ0v) is 13.0. The van der Waals surface area contributed by atoms with Crippen LogP contribution in [0.25, 0.3) is 0 Å². The SMILES string of the molecule is O=C1NCCCSC1c1ccc(Oc2cc(F)cc(F)c2)cc1. The van der Waals surface area contributed by atoms with Gasteiger partial charge in [0.15, 0.2) is 0 Å². The Morgan fingerprint density at radius 2 is 1.74 bits per heavy atom.